The molecule has 0 aromatic heterocycles. The molecule has 0 radical (unpaired) electrons. The first-order chi connectivity index (χ1) is 15.3. The number of nitrogens with one attached hydrogen (secondary N) is 2. The Hall–Kier alpha value is -3.68. The van der Waals surface area contributed by atoms with Crippen LogP contribution in [0, 0.1) is 5.82 Å². The number of hydrogen-bond donors (Lipinski definition) is 2. The van der Waals surface area contributed by atoms with E-state index in [0.717, 1.165) is 17.0 Å². The summed E-state index contributed by atoms with van der Waals surface area (Å²) in [6, 6.07) is 17.9. The van der Waals surface area contributed by atoms with E-state index in [1.807, 2.05) is 0 Å². The second-order valence-corrected chi connectivity index (χ2v) is 7.59. The van der Waals surface area contributed by atoms with Crippen LogP contribution in [0.15, 0.2) is 83.5 Å². The lowest BCUT2D eigenvalue weighted by Gasteiger charge is -2.15. The maximum Gasteiger partial charge on any atom is 0.283 e. The van der Waals surface area contributed by atoms with Gasteiger partial charge in [-0.2, -0.15) is 0 Å². The molecule has 32 heavy (non-hydrogen) atoms. The summed E-state index contributed by atoms with van der Waals surface area (Å²) in [5, 5.41) is 5.76. The maximum atomic E-state index is 13.2. The molecule has 160 valence electrons. The van der Waals surface area contributed by atoms with Crippen molar-refractivity contribution in [2.75, 3.05) is 15.5 Å². The fourth-order valence-corrected chi connectivity index (χ4v) is 3.46. The quantitative estimate of drug-likeness (QED) is 0.505. The fourth-order valence-electron chi connectivity index (χ4n) is 3.05. The summed E-state index contributed by atoms with van der Waals surface area (Å²) in [4.78, 5) is 38.5. The molecule has 0 unspecified atom stereocenters. The maximum absolute atomic E-state index is 13.2. The van der Waals surface area contributed by atoms with Crippen LogP contribution < -0.4 is 15.5 Å². The van der Waals surface area contributed by atoms with E-state index in [1.165, 1.54) is 12.1 Å². The van der Waals surface area contributed by atoms with Crippen molar-refractivity contribution in [2.45, 2.75) is 0 Å². The van der Waals surface area contributed by atoms with Crippen molar-refractivity contribution in [1.82, 2.24) is 0 Å². The minimum Gasteiger partial charge on any atom is -0.350 e. The molecule has 3 aromatic rings. The van der Waals surface area contributed by atoms with Gasteiger partial charge in [0.1, 0.15) is 16.5 Å². The number of hydrogen-bond acceptors (Lipinski definition) is 4. The van der Waals surface area contributed by atoms with E-state index < -0.39 is 17.6 Å². The van der Waals surface area contributed by atoms with Crippen molar-refractivity contribution in [3.8, 4) is 0 Å². The molecular weight excluding hydrogens is 456 g/mol. The summed E-state index contributed by atoms with van der Waals surface area (Å²) in [6.45, 7) is 0. The molecule has 1 heterocycles. The first-order valence-electron chi connectivity index (χ1n) is 9.31. The number of carbonyl (C=O) groups is 3. The summed E-state index contributed by atoms with van der Waals surface area (Å²) < 4.78 is 13.2. The van der Waals surface area contributed by atoms with Gasteiger partial charge in [-0.1, -0.05) is 29.3 Å². The zero-order valence-electron chi connectivity index (χ0n) is 16.2. The monoisotopic (exact) mass is 469 g/mol. The second-order valence-electron chi connectivity index (χ2n) is 6.78. The van der Waals surface area contributed by atoms with Crippen LogP contribution >= 0.6 is 23.2 Å². The highest BCUT2D eigenvalue weighted by Gasteiger charge is 2.38. The molecule has 3 aromatic carbocycles. The van der Waals surface area contributed by atoms with Gasteiger partial charge >= 0.3 is 0 Å². The number of imide groups is 1. The molecule has 0 atom stereocenters. The van der Waals surface area contributed by atoms with Crippen LogP contribution in [0.25, 0.3) is 0 Å². The topological polar surface area (TPSA) is 78.5 Å². The molecule has 0 saturated heterocycles. The van der Waals surface area contributed by atoms with Crippen molar-refractivity contribution >= 4 is 58.0 Å². The largest absolute Gasteiger partial charge is 0.350 e. The minimum absolute atomic E-state index is 0.114. The summed E-state index contributed by atoms with van der Waals surface area (Å²) in [7, 11) is 0. The lowest BCUT2D eigenvalue weighted by Crippen LogP contribution is -2.32. The summed E-state index contributed by atoms with van der Waals surface area (Å²) >= 11 is 12.0. The van der Waals surface area contributed by atoms with Crippen LogP contribution in [-0.4, -0.2) is 17.7 Å². The molecule has 0 aliphatic carbocycles. The number of nitrogens with zero attached hydrogens (tertiary/aromatic N) is 1. The van der Waals surface area contributed by atoms with Crippen LogP contribution in [-0.2, 0) is 9.59 Å². The predicted molar refractivity (Wildman–Crippen MR) is 121 cm³/mol. The number of rotatable bonds is 5. The van der Waals surface area contributed by atoms with Crippen molar-refractivity contribution in [1.29, 1.82) is 0 Å². The smallest absolute Gasteiger partial charge is 0.283 e. The van der Waals surface area contributed by atoms with Gasteiger partial charge in [0.15, 0.2) is 0 Å². The van der Waals surface area contributed by atoms with Crippen molar-refractivity contribution in [3.05, 3.63) is 99.9 Å². The molecule has 1 aliphatic rings. The van der Waals surface area contributed by atoms with Gasteiger partial charge in [0.25, 0.3) is 17.7 Å². The van der Waals surface area contributed by atoms with E-state index in [-0.39, 0.29) is 22.3 Å². The third-order valence-corrected chi connectivity index (χ3v) is 5.20. The Kier molecular flexibility index (Phi) is 5.94. The number of amides is 3. The van der Waals surface area contributed by atoms with E-state index in [4.69, 9.17) is 23.2 Å². The second kappa shape index (κ2) is 8.82. The Morgan fingerprint density at radius 2 is 1.53 bits per heavy atom. The Labute approximate surface area is 192 Å². The summed E-state index contributed by atoms with van der Waals surface area (Å²) in [5.74, 6) is -2.23. The van der Waals surface area contributed by atoms with Gasteiger partial charge in [-0.15, -0.1) is 0 Å². The molecule has 0 bridgehead atoms. The molecule has 1 aliphatic heterocycles. The van der Waals surface area contributed by atoms with Crippen LogP contribution in [0.1, 0.15) is 10.4 Å². The molecule has 0 saturated carbocycles. The minimum atomic E-state index is -0.719. The van der Waals surface area contributed by atoms with Crippen LogP contribution in [0.2, 0.25) is 5.02 Å². The van der Waals surface area contributed by atoms with E-state index in [9.17, 15) is 18.8 Å². The molecule has 9 heteroatoms. The zero-order valence-corrected chi connectivity index (χ0v) is 17.7. The lowest BCUT2D eigenvalue weighted by atomic mass is 10.2. The highest BCUT2D eigenvalue weighted by molar-refractivity contribution is 6.53. The predicted octanol–water partition coefficient (Wildman–Crippen LogP) is 5.17. The van der Waals surface area contributed by atoms with Gasteiger partial charge in [-0.05, 0) is 66.7 Å². The first-order valence-corrected chi connectivity index (χ1v) is 10.1. The van der Waals surface area contributed by atoms with E-state index in [2.05, 4.69) is 10.6 Å². The van der Waals surface area contributed by atoms with Crippen molar-refractivity contribution in [3.63, 3.8) is 0 Å². The van der Waals surface area contributed by atoms with Crippen molar-refractivity contribution in [2.24, 2.45) is 0 Å². The average Bonchev–Trinajstić information content (AvgIpc) is 2.98. The van der Waals surface area contributed by atoms with Gasteiger partial charge in [0, 0.05) is 22.0 Å². The first kappa shape index (κ1) is 21.5. The summed E-state index contributed by atoms with van der Waals surface area (Å²) in [5.41, 5.74) is 1.45. The lowest BCUT2D eigenvalue weighted by molar-refractivity contribution is -0.120. The number of carbonyl (C=O) groups excluding carboxylic acids is 3. The van der Waals surface area contributed by atoms with Gasteiger partial charge in [0.05, 0.1) is 5.69 Å². The number of halogens is 3. The molecule has 6 nitrogen and oxygen atoms in total. The van der Waals surface area contributed by atoms with Crippen LogP contribution in [0.3, 0.4) is 0 Å². The van der Waals surface area contributed by atoms with Gasteiger partial charge in [-0.3, -0.25) is 14.4 Å². The third kappa shape index (κ3) is 4.34. The Balaban J connectivity index is 1.48. The molecule has 0 spiro atoms. The Bertz CT molecular complexity index is 1260. The van der Waals surface area contributed by atoms with Crippen molar-refractivity contribution < 1.29 is 18.8 Å². The average molecular weight is 470 g/mol. The van der Waals surface area contributed by atoms with E-state index in [0.29, 0.717) is 22.0 Å². The van der Waals surface area contributed by atoms with Gasteiger partial charge in [-0.25, -0.2) is 9.29 Å². The molecule has 3 amide bonds. The Morgan fingerprint density at radius 1 is 0.844 bits per heavy atom. The van der Waals surface area contributed by atoms with Crippen LogP contribution in [0.5, 0.6) is 0 Å². The molecule has 2 N–H and O–H groups in total. The third-order valence-electron chi connectivity index (χ3n) is 4.61. The van der Waals surface area contributed by atoms with E-state index >= 15 is 0 Å². The fraction of sp³-hybridized carbons (Fsp3) is 0. The zero-order chi connectivity index (χ0) is 22.8. The Morgan fingerprint density at radius 3 is 2.19 bits per heavy atom. The molecule has 4 rings (SSSR count). The SMILES string of the molecule is O=C(Nc1cccc(Cl)c1)c1ccc(NC2=C(Cl)C(=O)N(c3ccc(F)cc3)C2=O)cc1. The van der Waals surface area contributed by atoms with E-state index in [1.54, 1.807) is 48.5 Å². The van der Waals surface area contributed by atoms with Gasteiger partial charge < -0.3 is 10.6 Å². The highest BCUT2D eigenvalue weighted by Crippen LogP contribution is 2.30. The normalized spacial score (nSPS) is 13.5. The molecule has 0 fully saturated rings. The highest BCUT2D eigenvalue weighted by atomic mass is 35.5. The standard InChI is InChI=1S/C23H14Cl2FN3O3/c24-14-2-1-3-17(12-14)28-21(30)13-4-8-16(9-5-13)27-20-19(25)22(31)29(23(20)32)18-10-6-15(26)7-11-18/h1-12,27H,(H,28,30). The number of anilines is 3. The van der Waals surface area contributed by atoms with Crippen LogP contribution in [0.4, 0.5) is 21.5 Å². The summed E-state index contributed by atoms with van der Waals surface area (Å²) in [6.07, 6.45) is 0. The number of benzene rings is 3. The molecular formula is C23H14Cl2FN3O3. The van der Waals surface area contributed by atoms with Gasteiger partial charge in [0.2, 0.25) is 0 Å².